The number of hydrogen-bond donors (Lipinski definition) is 1. The van der Waals surface area contributed by atoms with Crippen molar-refractivity contribution in [3.8, 4) is 0 Å². The number of amides is 2. The number of aryl methyl sites for hydroxylation is 1. The molecule has 0 radical (unpaired) electrons. The number of nitrogens with one attached hydrogen (secondary N) is 1. The van der Waals surface area contributed by atoms with Crippen LogP contribution in [0.2, 0.25) is 5.02 Å². The number of fused-ring (bicyclic) bond motifs is 2. The van der Waals surface area contributed by atoms with Crippen LogP contribution in [-0.4, -0.2) is 74.4 Å². The summed E-state index contributed by atoms with van der Waals surface area (Å²) in [6.45, 7) is 8.40. The highest BCUT2D eigenvalue weighted by Crippen LogP contribution is 2.45. The normalized spacial score (nSPS) is 19.6. The van der Waals surface area contributed by atoms with Crippen LogP contribution in [0.4, 0.5) is 9.59 Å². The molecule has 2 atom stereocenters. The molecule has 0 unspecified atom stereocenters. The van der Waals surface area contributed by atoms with E-state index in [1.165, 1.54) is 0 Å². The Morgan fingerprint density at radius 1 is 1.13 bits per heavy atom. The molecule has 238 valence electrons. The monoisotopic (exact) mass is 632 g/mol. The van der Waals surface area contributed by atoms with Crippen molar-refractivity contribution in [3.05, 3.63) is 82.2 Å². The Bertz CT molecular complexity index is 1590. The molecule has 3 aliphatic rings. The number of piperazine rings is 1. The van der Waals surface area contributed by atoms with E-state index in [-0.39, 0.29) is 18.2 Å². The Labute approximate surface area is 269 Å². The number of ether oxygens (including phenoxy) is 2. The summed E-state index contributed by atoms with van der Waals surface area (Å²) in [5, 5.41) is 3.74. The van der Waals surface area contributed by atoms with Crippen LogP contribution >= 0.6 is 11.6 Å². The smallest absolute Gasteiger partial charge is 0.410 e. The standard InChI is InChI=1S/C34H41ClN6O4/c1-5-24(6-2)44-33(43)41-16-14-40(15-17-41)31-25-10-9-23(35)19-26(25)27(18-22-8-7-13-37-29(22)31)30(28-20-36-21-39(28)4)38-32(42)45-34(3)11-12-34/h7-10,13,18-21,24,30-31H,5-6,11-12,14-17H2,1-4H3,(H,38,42)/t30-,31+/m1/s1. The van der Waals surface area contributed by atoms with Gasteiger partial charge in [0.1, 0.15) is 11.7 Å². The zero-order chi connectivity index (χ0) is 31.7. The van der Waals surface area contributed by atoms with Crippen molar-refractivity contribution < 1.29 is 19.1 Å². The fourth-order valence-corrected chi connectivity index (χ4v) is 6.41. The third-order valence-electron chi connectivity index (χ3n) is 9.19. The van der Waals surface area contributed by atoms with Crippen molar-refractivity contribution in [3.63, 3.8) is 0 Å². The van der Waals surface area contributed by atoms with E-state index < -0.39 is 17.7 Å². The predicted molar refractivity (Wildman–Crippen MR) is 173 cm³/mol. The van der Waals surface area contributed by atoms with E-state index in [9.17, 15) is 9.59 Å². The Hall–Kier alpha value is -3.89. The molecule has 3 aromatic rings. The van der Waals surface area contributed by atoms with E-state index in [1.54, 1.807) is 17.4 Å². The fourth-order valence-electron chi connectivity index (χ4n) is 6.24. The molecular weight excluding hydrogens is 592 g/mol. The van der Waals surface area contributed by atoms with Crippen LogP contribution in [0.5, 0.6) is 0 Å². The molecule has 6 rings (SSSR count). The van der Waals surface area contributed by atoms with Crippen LogP contribution < -0.4 is 5.32 Å². The summed E-state index contributed by atoms with van der Waals surface area (Å²) in [5.41, 5.74) is 5.01. The maximum Gasteiger partial charge on any atom is 0.410 e. The fraction of sp³-hybridized carbons (Fsp3) is 0.471. The number of nitrogens with zero attached hydrogens (tertiary/aromatic N) is 5. The molecule has 0 spiro atoms. The Balaban J connectivity index is 1.37. The van der Waals surface area contributed by atoms with Gasteiger partial charge in [-0.15, -0.1) is 0 Å². The first-order valence-corrected chi connectivity index (χ1v) is 16.2. The van der Waals surface area contributed by atoms with Gasteiger partial charge in [-0.2, -0.15) is 0 Å². The number of alkyl carbamates (subject to hydrolysis) is 1. The Kier molecular flexibility index (Phi) is 8.88. The van der Waals surface area contributed by atoms with Gasteiger partial charge in [0.05, 0.1) is 36.0 Å². The van der Waals surface area contributed by atoms with Gasteiger partial charge in [-0.25, -0.2) is 14.6 Å². The highest BCUT2D eigenvalue weighted by Gasteiger charge is 2.43. The minimum Gasteiger partial charge on any atom is -0.446 e. The second-order valence-corrected chi connectivity index (χ2v) is 12.8. The minimum atomic E-state index is -0.576. The summed E-state index contributed by atoms with van der Waals surface area (Å²) in [6, 6.07) is 9.11. The number of rotatable bonds is 8. The Morgan fingerprint density at radius 2 is 1.89 bits per heavy atom. The average molecular weight is 633 g/mol. The summed E-state index contributed by atoms with van der Waals surface area (Å²) in [5.74, 6) is 0. The Morgan fingerprint density at radius 3 is 2.56 bits per heavy atom. The van der Waals surface area contributed by atoms with Crippen molar-refractivity contribution in [1.29, 1.82) is 0 Å². The number of benzene rings is 1. The molecule has 1 N–H and O–H groups in total. The van der Waals surface area contributed by atoms with Gasteiger partial charge in [-0.1, -0.05) is 37.6 Å². The second kappa shape index (κ2) is 12.8. The number of halogens is 1. The van der Waals surface area contributed by atoms with Crippen molar-refractivity contribution in [2.24, 2.45) is 7.05 Å². The van der Waals surface area contributed by atoms with Crippen molar-refractivity contribution >= 4 is 35.4 Å². The van der Waals surface area contributed by atoms with Gasteiger partial charge < -0.3 is 24.3 Å². The number of pyridine rings is 1. The molecule has 3 heterocycles. The van der Waals surface area contributed by atoms with E-state index in [0.29, 0.717) is 31.2 Å². The zero-order valence-electron chi connectivity index (χ0n) is 26.3. The minimum absolute atomic E-state index is 0.0695. The van der Waals surface area contributed by atoms with Crippen molar-refractivity contribution in [2.75, 3.05) is 26.2 Å². The summed E-state index contributed by atoms with van der Waals surface area (Å²) < 4.78 is 13.5. The predicted octanol–water partition coefficient (Wildman–Crippen LogP) is 6.37. The molecule has 2 fully saturated rings. The number of carbonyl (C=O) groups is 2. The van der Waals surface area contributed by atoms with Gasteiger partial charge in [0.25, 0.3) is 0 Å². The van der Waals surface area contributed by atoms with Crippen LogP contribution in [0.15, 0.2) is 49.1 Å². The number of hydrogen-bond acceptors (Lipinski definition) is 7. The van der Waals surface area contributed by atoms with Gasteiger partial charge >= 0.3 is 12.2 Å². The maximum absolute atomic E-state index is 13.3. The maximum atomic E-state index is 13.3. The molecule has 0 bridgehead atoms. The first-order valence-electron chi connectivity index (χ1n) is 15.8. The molecule has 1 aliphatic heterocycles. The first kappa shape index (κ1) is 31.1. The summed E-state index contributed by atoms with van der Waals surface area (Å²) in [4.78, 5) is 39.7. The summed E-state index contributed by atoms with van der Waals surface area (Å²) in [7, 11) is 1.91. The first-order chi connectivity index (χ1) is 21.7. The lowest BCUT2D eigenvalue weighted by Gasteiger charge is -2.39. The van der Waals surface area contributed by atoms with E-state index in [1.807, 2.05) is 56.8 Å². The lowest BCUT2D eigenvalue weighted by Crippen LogP contribution is -2.50. The molecule has 2 amide bonds. The van der Waals surface area contributed by atoms with Crippen LogP contribution in [0, 0.1) is 0 Å². The van der Waals surface area contributed by atoms with Gasteiger partial charge in [-0.3, -0.25) is 9.88 Å². The number of imidazole rings is 1. The van der Waals surface area contributed by atoms with Gasteiger partial charge in [0.2, 0.25) is 0 Å². The molecule has 1 saturated heterocycles. The molecule has 2 aliphatic carbocycles. The van der Waals surface area contributed by atoms with Crippen LogP contribution in [0.25, 0.3) is 11.6 Å². The third kappa shape index (κ3) is 6.58. The van der Waals surface area contributed by atoms with Crippen LogP contribution in [0.3, 0.4) is 0 Å². The molecule has 2 aromatic heterocycles. The largest absolute Gasteiger partial charge is 0.446 e. The number of aromatic nitrogens is 3. The lowest BCUT2D eigenvalue weighted by molar-refractivity contribution is 0.0389. The van der Waals surface area contributed by atoms with E-state index in [4.69, 9.17) is 26.1 Å². The highest BCUT2D eigenvalue weighted by molar-refractivity contribution is 6.30. The van der Waals surface area contributed by atoms with Gasteiger partial charge in [0, 0.05) is 44.4 Å². The second-order valence-electron chi connectivity index (χ2n) is 12.4. The van der Waals surface area contributed by atoms with E-state index in [2.05, 4.69) is 33.4 Å². The molecule has 1 aromatic carbocycles. The van der Waals surface area contributed by atoms with E-state index in [0.717, 1.165) is 59.3 Å². The van der Waals surface area contributed by atoms with Crippen molar-refractivity contribution in [2.45, 2.75) is 70.2 Å². The SMILES string of the molecule is CCC(CC)OC(=O)N1CCN([C@H]2c3ccc(Cl)cc3C([C@@H](NC(=O)OC3(C)CC3)c3cncn3C)=Cc3cccnc32)CC1. The van der Waals surface area contributed by atoms with Crippen molar-refractivity contribution in [1.82, 2.24) is 29.7 Å². The summed E-state index contributed by atoms with van der Waals surface area (Å²) in [6.07, 6.45) is 9.89. The average Bonchev–Trinajstić information content (AvgIpc) is 3.64. The summed E-state index contributed by atoms with van der Waals surface area (Å²) >= 11 is 6.68. The van der Waals surface area contributed by atoms with E-state index >= 15 is 0 Å². The topological polar surface area (TPSA) is 102 Å². The number of carbonyl (C=O) groups excluding carboxylic acids is 2. The molecule has 10 nitrogen and oxygen atoms in total. The van der Waals surface area contributed by atoms with Crippen LogP contribution in [-0.2, 0) is 16.5 Å². The molecular formula is C34H41ClN6O4. The lowest BCUT2D eigenvalue weighted by atomic mass is 9.90. The molecule has 11 heteroatoms. The highest BCUT2D eigenvalue weighted by atomic mass is 35.5. The third-order valence-corrected chi connectivity index (χ3v) is 9.43. The van der Waals surface area contributed by atoms with Crippen LogP contribution in [0.1, 0.15) is 86.6 Å². The van der Waals surface area contributed by atoms with Gasteiger partial charge in [-0.05, 0) is 79.1 Å². The zero-order valence-corrected chi connectivity index (χ0v) is 27.1. The van der Waals surface area contributed by atoms with Gasteiger partial charge in [0.15, 0.2) is 0 Å². The molecule has 1 saturated carbocycles. The quantitative estimate of drug-likeness (QED) is 0.308. The molecule has 45 heavy (non-hydrogen) atoms.